The fraction of sp³-hybridized carbons (Fsp3) is 0.350. The number of fused-ring (bicyclic) bond motifs is 2. The van der Waals surface area contributed by atoms with E-state index in [9.17, 15) is 0 Å². The van der Waals surface area contributed by atoms with Crippen LogP contribution in [0.3, 0.4) is 0 Å². The minimum Gasteiger partial charge on any atom is -0.361 e. The maximum absolute atomic E-state index is 6.18. The van der Waals surface area contributed by atoms with Gasteiger partial charge in [-0.1, -0.05) is 30.3 Å². The van der Waals surface area contributed by atoms with Gasteiger partial charge in [0.1, 0.15) is 5.60 Å². The number of nitrogens with zero attached hydrogens (tertiary/aromatic N) is 5. The van der Waals surface area contributed by atoms with Gasteiger partial charge >= 0.3 is 0 Å². The van der Waals surface area contributed by atoms with Crippen molar-refractivity contribution in [2.75, 3.05) is 13.1 Å². The monoisotopic (exact) mass is 347 g/mol. The second-order valence-corrected chi connectivity index (χ2v) is 7.26. The topological polar surface area (TPSA) is 56.1 Å². The Kier molecular flexibility index (Phi) is 3.45. The van der Waals surface area contributed by atoms with Gasteiger partial charge < -0.3 is 4.74 Å². The molecule has 2 aliphatic heterocycles. The van der Waals surface area contributed by atoms with Crippen molar-refractivity contribution in [3.05, 3.63) is 65.2 Å². The second kappa shape index (κ2) is 5.72. The molecule has 0 radical (unpaired) electrons. The summed E-state index contributed by atoms with van der Waals surface area (Å²) in [5, 5.41) is 4.42. The van der Waals surface area contributed by atoms with Gasteiger partial charge in [-0.2, -0.15) is 5.10 Å². The summed E-state index contributed by atoms with van der Waals surface area (Å²) < 4.78 is 8.05. The van der Waals surface area contributed by atoms with Gasteiger partial charge in [-0.05, 0) is 6.92 Å². The average molecular weight is 347 g/mol. The van der Waals surface area contributed by atoms with Crippen LogP contribution in [-0.4, -0.2) is 37.7 Å². The van der Waals surface area contributed by atoms with Gasteiger partial charge in [0.05, 0.1) is 18.0 Å². The third-order valence-corrected chi connectivity index (χ3v) is 5.34. The van der Waals surface area contributed by atoms with Crippen molar-refractivity contribution in [1.29, 1.82) is 0 Å². The lowest BCUT2D eigenvalue weighted by atomic mass is 9.87. The summed E-state index contributed by atoms with van der Waals surface area (Å²) in [5.41, 5.74) is 5.35. The Morgan fingerprint density at radius 2 is 2.00 bits per heavy atom. The fourth-order valence-corrected chi connectivity index (χ4v) is 4.01. The molecule has 2 aromatic heterocycles. The maximum atomic E-state index is 6.18. The Balaban J connectivity index is 1.34. The van der Waals surface area contributed by atoms with E-state index in [1.807, 2.05) is 48.3 Å². The van der Waals surface area contributed by atoms with Gasteiger partial charge in [-0.3, -0.25) is 9.58 Å². The Morgan fingerprint density at radius 1 is 1.19 bits per heavy atom. The third kappa shape index (κ3) is 2.45. The summed E-state index contributed by atoms with van der Waals surface area (Å²) in [4.78, 5) is 11.8. The Labute approximate surface area is 152 Å². The molecule has 1 fully saturated rings. The number of hydrogen-bond donors (Lipinski definition) is 0. The van der Waals surface area contributed by atoms with E-state index >= 15 is 0 Å². The molecule has 0 saturated carbocycles. The van der Waals surface area contributed by atoms with Crippen LogP contribution in [0.4, 0.5) is 0 Å². The predicted octanol–water partition coefficient (Wildman–Crippen LogP) is 2.43. The molecule has 3 aromatic rings. The molecule has 2 aliphatic rings. The standard InChI is InChI=1S/C20H21N5O/c1-14-16(9-24(2)23-14)10-25-12-20(13-25)17-8-21-19(22-18(17)11-26-20)15-6-4-3-5-7-15/h3-9H,10-13H2,1-2H3. The van der Waals surface area contributed by atoms with Gasteiger partial charge in [-0.25, -0.2) is 9.97 Å². The van der Waals surface area contributed by atoms with Crippen molar-refractivity contribution >= 4 is 0 Å². The molecule has 0 N–H and O–H groups in total. The van der Waals surface area contributed by atoms with Crippen molar-refractivity contribution < 1.29 is 4.74 Å². The molecule has 0 unspecified atom stereocenters. The van der Waals surface area contributed by atoms with E-state index in [0.717, 1.165) is 48.0 Å². The molecule has 1 spiro atoms. The highest BCUT2D eigenvalue weighted by atomic mass is 16.5. The summed E-state index contributed by atoms with van der Waals surface area (Å²) in [6.45, 7) is 5.29. The third-order valence-electron chi connectivity index (χ3n) is 5.34. The number of ether oxygens (including phenoxy) is 1. The molecule has 0 aliphatic carbocycles. The van der Waals surface area contributed by atoms with E-state index in [1.165, 1.54) is 5.56 Å². The van der Waals surface area contributed by atoms with Crippen molar-refractivity contribution in [3.63, 3.8) is 0 Å². The molecule has 5 rings (SSSR count). The number of rotatable bonds is 3. The number of aromatic nitrogens is 4. The highest BCUT2D eigenvalue weighted by Gasteiger charge is 2.50. The summed E-state index contributed by atoms with van der Waals surface area (Å²) in [7, 11) is 1.96. The zero-order chi connectivity index (χ0) is 17.7. The van der Waals surface area contributed by atoms with Crippen LogP contribution in [0.2, 0.25) is 0 Å². The van der Waals surface area contributed by atoms with E-state index in [1.54, 1.807) is 0 Å². The first kappa shape index (κ1) is 15.7. The van der Waals surface area contributed by atoms with Crippen LogP contribution < -0.4 is 0 Å². The first-order chi connectivity index (χ1) is 12.6. The second-order valence-electron chi connectivity index (χ2n) is 7.26. The Morgan fingerprint density at radius 3 is 2.73 bits per heavy atom. The van der Waals surface area contributed by atoms with E-state index < -0.39 is 0 Å². The molecule has 1 aromatic carbocycles. The van der Waals surface area contributed by atoms with Gasteiger partial charge in [0.25, 0.3) is 0 Å². The average Bonchev–Trinajstić information content (AvgIpc) is 3.15. The van der Waals surface area contributed by atoms with Gasteiger partial charge in [0.2, 0.25) is 0 Å². The highest BCUT2D eigenvalue weighted by molar-refractivity contribution is 5.55. The van der Waals surface area contributed by atoms with E-state index in [4.69, 9.17) is 9.72 Å². The normalized spacial score (nSPS) is 18.1. The van der Waals surface area contributed by atoms with Crippen molar-refractivity contribution in [3.8, 4) is 11.4 Å². The van der Waals surface area contributed by atoms with Crippen LogP contribution in [-0.2, 0) is 30.5 Å². The van der Waals surface area contributed by atoms with Crippen LogP contribution in [0.5, 0.6) is 0 Å². The Hall–Kier alpha value is -2.57. The van der Waals surface area contributed by atoms with Crippen LogP contribution in [0.25, 0.3) is 11.4 Å². The first-order valence-electron chi connectivity index (χ1n) is 8.90. The number of hydrogen-bond acceptors (Lipinski definition) is 5. The predicted molar refractivity (Wildman–Crippen MR) is 97.2 cm³/mol. The van der Waals surface area contributed by atoms with E-state index in [-0.39, 0.29) is 5.60 Å². The van der Waals surface area contributed by atoms with Gasteiger partial charge in [0, 0.05) is 55.8 Å². The largest absolute Gasteiger partial charge is 0.361 e. The minimum atomic E-state index is -0.235. The summed E-state index contributed by atoms with van der Waals surface area (Å²) in [6, 6.07) is 10.1. The lowest BCUT2D eigenvalue weighted by Crippen LogP contribution is -2.58. The first-order valence-corrected chi connectivity index (χ1v) is 8.90. The molecule has 6 nitrogen and oxygen atoms in total. The van der Waals surface area contributed by atoms with Gasteiger partial charge in [-0.15, -0.1) is 0 Å². The van der Waals surface area contributed by atoms with E-state index in [2.05, 4.69) is 28.1 Å². The van der Waals surface area contributed by atoms with Crippen molar-refractivity contribution in [2.24, 2.45) is 7.05 Å². The quantitative estimate of drug-likeness (QED) is 0.728. The summed E-state index contributed by atoms with van der Waals surface area (Å²) in [6.07, 6.45) is 4.06. The SMILES string of the molecule is Cc1nn(C)cc1CN1CC2(C1)OCc1nc(-c3ccccc3)ncc12. The lowest BCUT2D eigenvalue weighted by molar-refractivity contribution is -0.145. The molecule has 0 amide bonds. The van der Waals surface area contributed by atoms with Crippen LogP contribution in [0, 0.1) is 6.92 Å². The molecule has 132 valence electrons. The molecular weight excluding hydrogens is 326 g/mol. The molecule has 4 heterocycles. The zero-order valence-electron chi connectivity index (χ0n) is 15.0. The van der Waals surface area contributed by atoms with Crippen LogP contribution in [0.1, 0.15) is 22.5 Å². The van der Waals surface area contributed by atoms with Gasteiger partial charge in [0.15, 0.2) is 5.82 Å². The molecule has 0 atom stereocenters. The molecule has 1 saturated heterocycles. The smallest absolute Gasteiger partial charge is 0.159 e. The minimum absolute atomic E-state index is 0.235. The molecular formula is C20H21N5O. The van der Waals surface area contributed by atoms with E-state index in [0.29, 0.717) is 6.61 Å². The number of likely N-dealkylation sites (tertiary alicyclic amines) is 1. The van der Waals surface area contributed by atoms with Crippen molar-refractivity contribution in [1.82, 2.24) is 24.6 Å². The summed E-state index contributed by atoms with van der Waals surface area (Å²) >= 11 is 0. The van der Waals surface area contributed by atoms with Crippen molar-refractivity contribution in [2.45, 2.75) is 25.7 Å². The maximum Gasteiger partial charge on any atom is 0.159 e. The number of aryl methyl sites for hydroxylation is 2. The number of benzene rings is 1. The Bertz CT molecular complexity index is 960. The summed E-state index contributed by atoms with van der Waals surface area (Å²) in [5.74, 6) is 0.771. The molecule has 0 bridgehead atoms. The molecule has 26 heavy (non-hydrogen) atoms. The zero-order valence-corrected chi connectivity index (χ0v) is 15.0. The fourth-order valence-electron chi connectivity index (χ4n) is 4.01. The van der Waals surface area contributed by atoms with Crippen LogP contribution >= 0.6 is 0 Å². The molecule has 6 heteroatoms. The lowest BCUT2D eigenvalue weighted by Gasteiger charge is -2.47. The van der Waals surface area contributed by atoms with Crippen LogP contribution in [0.15, 0.2) is 42.7 Å². The highest BCUT2D eigenvalue weighted by Crippen LogP contribution is 2.43.